The number of hydrogen-bond donors (Lipinski definition) is 1. The Balaban J connectivity index is 2.15. The molecule has 0 saturated heterocycles. The van der Waals surface area contributed by atoms with Crippen molar-refractivity contribution in [3.8, 4) is 5.75 Å². The highest BCUT2D eigenvalue weighted by atomic mass is 32.2. The number of benzene rings is 1. The number of amides is 1. The highest BCUT2D eigenvalue weighted by molar-refractivity contribution is 7.89. The van der Waals surface area contributed by atoms with Gasteiger partial charge < -0.3 is 10.1 Å². The number of carbonyl (C=O) groups excluding carboxylic acids is 2. The Hall–Kier alpha value is -2.23. The molecule has 0 unspecified atom stereocenters. The van der Waals surface area contributed by atoms with Gasteiger partial charge in [-0.1, -0.05) is 13.8 Å². The van der Waals surface area contributed by atoms with E-state index in [-0.39, 0.29) is 35.1 Å². The van der Waals surface area contributed by atoms with E-state index in [1.165, 1.54) is 29.6 Å². The number of methoxy groups -OCH3 is 1. The van der Waals surface area contributed by atoms with Gasteiger partial charge in [0.2, 0.25) is 15.9 Å². The number of ether oxygens (including phenoxy) is 1. The van der Waals surface area contributed by atoms with E-state index < -0.39 is 10.0 Å². The van der Waals surface area contributed by atoms with E-state index in [1.54, 1.807) is 25.2 Å². The fraction of sp³-hybridized carbons (Fsp3) is 0.429. The van der Waals surface area contributed by atoms with Crippen LogP contribution in [0, 0.1) is 13.8 Å². The molecule has 0 spiro atoms. The van der Waals surface area contributed by atoms with Gasteiger partial charge in [0.15, 0.2) is 5.78 Å². The van der Waals surface area contributed by atoms with Crippen molar-refractivity contribution in [3.05, 3.63) is 39.6 Å². The van der Waals surface area contributed by atoms with E-state index in [4.69, 9.17) is 4.74 Å². The number of anilines is 1. The van der Waals surface area contributed by atoms with Gasteiger partial charge in [-0.25, -0.2) is 8.42 Å². The number of nitrogens with one attached hydrogen (secondary N) is 1. The SMILES string of the molecule is CCN(CC)S(=O)(=O)c1ccc(OC)c(NC(=O)CCC(=O)c2cc(C)sc2C)c1. The maximum absolute atomic E-state index is 12.8. The quantitative estimate of drug-likeness (QED) is 0.550. The minimum absolute atomic E-state index is 0.0106. The number of sulfonamides is 1. The van der Waals surface area contributed by atoms with Crippen molar-refractivity contribution in [1.29, 1.82) is 0 Å². The molecule has 1 N–H and O–H groups in total. The van der Waals surface area contributed by atoms with Gasteiger partial charge in [-0.15, -0.1) is 11.3 Å². The van der Waals surface area contributed by atoms with Crippen molar-refractivity contribution >= 4 is 38.7 Å². The number of thiophene rings is 1. The second kappa shape index (κ2) is 10.2. The molecule has 0 radical (unpaired) electrons. The van der Waals surface area contributed by atoms with Gasteiger partial charge in [-0.05, 0) is 38.1 Å². The highest BCUT2D eigenvalue weighted by Gasteiger charge is 2.23. The average molecular weight is 453 g/mol. The lowest BCUT2D eigenvalue weighted by Crippen LogP contribution is -2.30. The maximum Gasteiger partial charge on any atom is 0.243 e. The Kier molecular flexibility index (Phi) is 8.17. The van der Waals surface area contributed by atoms with Crippen LogP contribution >= 0.6 is 11.3 Å². The predicted molar refractivity (Wildman–Crippen MR) is 119 cm³/mol. The van der Waals surface area contributed by atoms with E-state index in [0.717, 1.165) is 9.75 Å². The van der Waals surface area contributed by atoms with Gasteiger partial charge in [0.25, 0.3) is 0 Å². The van der Waals surface area contributed by atoms with Crippen LogP contribution in [-0.4, -0.2) is 44.6 Å². The van der Waals surface area contributed by atoms with Crippen LogP contribution in [0.5, 0.6) is 5.75 Å². The van der Waals surface area contributed by atoms with Crippen molar-refractivity contribution < 1.29 is 22.7 Å². The summed E-state index contributed by atoms with van der Waals surface area (Å²) in [6, 6.07) is 6.19. The van der Waals surface area contributed by atoms with Crippen LogP contribution in [-0.2, 0) is 14.8 Å². The fourth-order valence-corrected chi connectivity index (χ4v) is 5.57. The summed E-state index contributed by atoms with van der Waals surface area (Å²) in [5.74, 6) is -0.127. The Bertz CT molecular complexity index is 1020. The zero-order chi connectivity index (χ0) is 22.5. The van der Waals surface area contributed by atoms with Crippen molar-refractivity contribution in [2.75, 3.05) is 25.5 Å². The molecule has 0 aliphatic carbocycles. The molecular formula is C21H28N2O5S2. The van der Waals surface area contributed by atoms with Crippen molar-refractivity contribution in [2.45, 2.75) is 45.4 Å². The van der Waals surface area contributed by atoms with Crippen molar-refractivity contribution in [2.24, 2.45) is 0 Å². The van der Waals surface area contributed by atoms with E-state index in [1.807, 2.05) is 19.9 Å². The molecule has 0 aliphatic rings. The topological polar surface area (TPSA) is 92.8 Å². The molecule has 30 heavy (non-hydrogen) atoms. The van der Waals surface area contributed by atoms with Crippen LogP contribution in [0.4, 0.5) is 5.69 Å². The largest absolute Gasteiger partial charge is 0.495 e. The molecular weight excluding hydrogens is 424 g/mol. The average Bonchev–Trinajstić information content (AvgIpc) is 3.04. The molecule has 9 heteroatoms. The van der Waals surface area contributed by atoms with Gasteiger partial charge in [0.05, 0.1) is 17.7 Å². The van der Waals surface area contributed by atoms with Crippen LogP contribution in [0.2, 0.25) is 0 Å². The van der Waals surface area contributed by atoms with Crippen molar-refractivity contribution in [3.63, 3.8) is 0 Å². The van der Waals surface area contributed by atoms with Crippen molar-refractivity contribution in [1.82, 2.24) is 4.31 Å². The van der Waals surface area contributed by atoms with Gasteiger partial charge >= 0.3 is 0 Å². The summed E-state index contributed by atoms with van der Waals surface area (Å²) in [6.45, 7) is 8.04. The molecule has 2 rings (SSSR count). The number of carbonyl (C=O) groups is 2. The standard InChI is InChI=1S/C21H28N2O5S2/c1-6-23(7-2)30(26,27)16-8-10-20(28-5)18(13-16)22-21(25)11-9-19(24)17-12-14(3)29-15(17)4/h8,10,12-13H,6-7,9,11H2,1-5H3,(H,22,25). The Morgan fingerprint density at radius 3 is 2.30 bits per heavy atom. The molecule has 1 heterocycles. The summed E-state index contributed by atoms with van der Waals surface area (Å²) in [4.78, 5) is 26.9. The number of hydrogen-bond acceptors (Lipinski definition) is 6. The van der Waals surface area contributed by atoms with Gasteiger partial charge in [-0.3, -0.25) is 9.59 Å². The minimum Gasteiger partial charge on any atom is -0.495 e. The lowest BCUT2D eigenvalue weighted by molar-refractivity contribution is -0.116. The second-order valence-electron chi connectivity index (χ2n) is 6.75. The smallest absolute Gasteiger partial charge is 0.243 e. The zero-order valence-electron chi connectivity index (χ0n) is 17.9. The Morgan fingerprint density at radius 2 is 1.77 bits per heavy atom. The van der Waals surface area contributed by atoms with Crippen LogP contribution < -0.4 is 10.1 Å². The number of rotatable bonds is 10. The molecule has 2 aromatic rings. The Labute approximate surface area is 182 Å². The Morgan fingerprint density at radius 1 is 1.10 bits per heavy atom. The first-order chi connectivity index (χ1) is 14.1. The predicted octanol–water partition coefficient (Wildman–Crippen LogP) is 4.01. The number of Topliss-reactive ketones (excluding diaryl/α,β-unsaturated/α-hetero) is 1. The summed E-state index contributed by atoms with van der Waals surface area (Å²) in [7, 11) is -2.24. The third kappa shape index (κ3) is 5.47. The number of nitrogens with zero attached hydrogens (tertiary/aromatic N) is 1. The highest BCUT2D eigenvalue weighted by Crippen LogP contribution is 2.29. The molecule has 1 aromatic heterocycles. The third-order valence-corrected chi connectivity index (χ3v) is 7.72. The fourth-order valence-electron chi connectivity index (χ4n) is 3.14. The zero-order valence-corrected chi connectivity index (χ0v) is 19.6. The molecule has 164 valence electrons. The van der Waals surface area contributed by atoms with E-state index in [2.05, 4.69) is 5.32 Å². The van der Waals surface area contributed by atoms with Gasteiger partial charge in [0.1, 0.15) is 5.75 Å². The molecule has 0 aliphatic heterocycles. The molecule has 1 aromatic carbocycles. The van der Waals surface area contributed by atoms with E-state index in [9.17, 15) is 18.0 Å². The first-order valence-corrected chi connectivity index (χ1v) is 12.0. The van der Waals surface area contributed by atoms with Crippen LogP contribution in [0.25, 0.3) is 0 Å². The molecule has 7 nitrogen and oxygen atoms in total. The molecule has 0 saturated carbocycles. The summed E-state index contributed by atoms with van der Waals surface area (Å²) < 4.78 is 32.1. The molecule has 0 bridgehead atoms. The van der Waals surface area contributed by atoms with Crippen LogP contribution in [0.15, 0.2) is 29.2 Å². The lowest BCUT2D eigenvalue weighted by atomic mass is 10.1. The molecule has 1 amide bonds. The van der Waals surface area contributed by atoms with E-state index >= 15 is 0 Å². The number of aryl methyl sites for hydroxylation is 2. The van der Waals surface area contributed by atoms with Crippen LogP contribution in [0.3, 0.4) is 0 Å². The molecule has 0 atom stereocenters. The monoisotopic (exact) mass is 452 g/mol. The first kappa shape index (κ1) is 24.0. The summed E-state index contributed by atoms with van der Waals surface area (Å²) >= 11 is 1.55. The normalized spacial score (nSPS) is 11.5. The molecule has 0 fully saturated rings. The van der Waals surface area contributed by atoms with E-state index in [0.29, 0.717) is 24.4 Å². The van der Waals surface area contributed by atoms with Gasteiger partial charge in [0, 0.05) is 41.2 Å². The summed E-state index contributed by atoms with van der Waals surface area (Å²) in [6.07, 6.45) is 0.0615. The van der Waals surface area contributed by atoms with Crippen LogP contribution in [0.1, 0.15) is 46.8 Å². The second-order valence-corrected chi connectivity index (χ2v) is 10.1. The summed E-state index contributed by atoms with van der Waals surface area (Å²) in [5.41, 5.74) is 0.904. The lowest BCUT2D eigenvalue weighted by Gasteiger charge is -2.19. The maximum atomic E-state index is 12.8. The minimum atomic E-state index is -3.68. The first-order valence-electron chi connectivity index (χ1n) is 9.72. The van der Waals surface area contributed by atoms with Gasteiger partial charge in [-0.2, -0.15) is 4.31 Å². The summed E-state index contributed by atoms with van der Waals surface area (Å²) in [5, 5.41) is 2.68. The third-order valence-electron chi connectivity index (χ3n) is 4.71. The number of ketones is 1.